The molecular weight excluding hydrogens is 483 g/mol. The number of methoxy groups -OCH3 is 1. The van der Waals surface area contributed by atoms with Crippen LogP contribution in [-0.4, -0.2) is 64.1 Å². The molecule has 15 heteroatoms. The number of ether oxygens (including phenoxy) is 1. The van der Waals surface area contributed by atoms with Crippen molar-refractivity contribution in [3.05, 3.63) is 53.7 Å². The number of alkyl halides is 3. The van der Waals surface area contributed by atoms with Gasteiger partial charge >= 0.3 is 16.5 Å². The maximum atomic E-state index is 13.2. The summed E-state index contributed by atoms with van der Waals surface area (Å²) in [5.41, 5.74) is -1.17. The van der Waals surface area contributed by atoms with E-state index in [1.54, 1.807) is 0 Å². The van der Waals surface area contributed by atoms with Crippen LogP contribution in [0.15, 0.2) is 36.9 Å². The Morgan fingerprint density at radius 2 is 1.88 bits per heavy atom. The zero-order valence-corrected chi connectivity index (χ0v) is 18.2. The minimum atomic E-state index is -4.60. The molecule has 3 atom stereocenters. The van der Waals surface area contributed by atoms with Crippen molar-refractivity contribution in [2.24, 2.45) is 5.14 Å². The molecule has 3 rings (SSSR count). The van der Waals surface area contributed by atoms with Crippen molar-refractivity contribution in [1.29, 1.82) is 0 Å². The number of nitrogens with zero attached hydrogens (tertiary/aromatic N) is 4. The highest BCUT2D eigenvalue weighted by Crippen LogP contribution is 2.31. The smallest absolute Gasteiger partial charge is 0.386 e. The summed E-state index contributed by atoms with van der Waals surface area (Å²) in [5.74, 6) is 4.94. The number of aromatic nitrogens is 4. The van der Waals surface area contributed by atoms with Crippen molar-refractivity contribution in [3.8, 4) is 11.8 Å². The van der Waals surface area contributed by atoms with Gasteiger partial charge in [-0.1, -0.05) is 18.1 Å². The first kappa shape index (κ1) is 25.5. The van der Waals surface area contributed by atoms with E-state index < -0.39 is 47.1 Å². The number of aliphatic hydroxyl groups excluding tert-OH is 2. The van der Waals surface area contributed by atoms with E-state index in [1.165, 1.54) is 18.2 Å². The maximum absolute atomic E-state index is 13.2. The lowest BCUT2D eigenvalue weighted by Crippen LogP contribution is -2.40. The van der Waals surface area contributed by atoms with Gasteiger partial charge in [0.2, 0.25) is 0 Å². The van der Waals surface area contributed by atoms with Gasteiger partial charge in [0.1, 0.15) is 29.7 Å². The van der Waals surface area contributed by atoms with E-state index in [-0.39, 0.29) is 22.4 Å². The topological polar surface area (TPSA) is 163 Å². The summed E-state index contributed by atoms with van der Waals surface area (Å²) in [6, 6.07) is 4.76. The van der Waals surface area contributed by atoms with Crippen LogP contribution in [0.3, 0.4) is 0 Å². The van der Waals surface area contributed by atoms with E-state index in [2.05, 4.69) is 31.0 Å². The van der Waals surface area contributed by atoms with Crippen LogP contribution in [-0.2, 0) is 25.4 Å². The van der Waals surface area contributed by atoms with E-state index in [9.17, 15) is 31.8 Å². The van der Waals surface area contributed by atoms with Crippen LogP contribution in [0.5, 0.6) is 0 Å². The Bertz CT molecular complexity index is 1340. The van der Waals surface area contributed by atoms with Crippen LogP contribution in [0.2, 0.25) is 0 Å². The summed E-state index contributed by atoms with van der Waals surface area (Å²) < 4.78 is 71.9. The molecule has 0 bridgehead atoms. The zero-order valence-electron chi connectivity index (χ0n) is 17.3. The van der Waals surface area contributed by atoms with Crippen LogP contribution < -0.4 is 5.14 Å². The fourth-order valence-electron chi connectivity index (χ4n) is 2.93. The minimum absolute atomic E-state index is 0.00262. The van der Waals surface area contributed by atoms with Gasteiger partial charge in [-0.2, -0.15) is 21.6 Å². The Hall–Kier alpha value is -3.13. The highest BCUT2D eigenvalue weighted by Gasteiger charge is 2.33. The molecular formula is C19H18F3N5O6S. The van der Waals surface area contributed by atoms with Gasteiger partial charge in [-0.25, -0.2) is 20.1 Å². The van der Waals surface area contributed by atoms with E-state index in [0.29, 0.717) is 0 Å². The molecule has 3 aromatic rings. The third-order valence-corrected chi connectivity index (χ3v) is 5.04. The van der Waals surface area contributed by atoms with Crippen molar-refractivity contribution in [1.82, 2.24) is 19.5 Å². The normalized spacial score (nSPS) is 14.9. The molecule has 0 radical (unpaired) electrons. The minimum Gasteiger partial charge on any atom is -0.386 e. The molecule has 0 unspecified atom stereocenters. The lowest BCUT2D eigenvalue weighted by molar-refractivity contribution is -0.137. The molecule has 0 spiro atoms. The summed E-state index contributed by atoms with van der Waals surface area (Å²) in [4.78, 5) is 11.9. The fourth-order valence-corrected chi connectivity index (χ4v) is 3.25. The molecule has 34 heavy (non-hydrogen) atoms. The Labute approximate surface area is 191 Å². The third-order valence-electron chi connectivity index (χ3n) is 4.58. The van der Waals surface area contributed by atoms with Gasteiger partial charge < -0.3 is 14.9 Å². The number of aliphatic hydroxyl groups is 2. The van der Waals surface area contributed by atoms with Gasteiger partial charge in [-0.3, -0.25) is 8.75 Å². The first-order chi connectivity index (χ1) is 15.9. The lowest BCUT2D eigenvalue weighted by Gasteiger charge is -2.25. The van der Waals surface area contributed by atoms with Gasteiger partial charge in [0, 0.05) is 12.7 Å². The van der Waals surface area contributed by atoms with Gasteiger partial charge in [-0.15, -0.1) is 0 Å². The second-order valence-electron chi connectivity index (χ2n) is 6.80. The predicted octanol–water partition coefficient (Wildman–Crippen LogP) is 0.332. The maximum Gasteiger partial charge on any atom is 0.417 e. The highest BCUT2D eigenvalue weighted by molar-refractivity contribution is 7.84. The van der Waals surface area contributed by atoms with Gasteiger partial charge in [0.15, 0.2) is 11.9 Å². The largest absolute Gasteiger partial charge is 0.417 e. The van der Waals surface area contributed by atoms with E-state index in [1.807, 2.05) is 0 Å². The molecule has 0 amide bonds. The molecule has 0 aliphatic carbocycles. The number of halogens is 3. The molecule has 0 saturated carbocycles. The van der Waals surface area contributed by atoms with Crippen LogP contribution >= 0.6 is 0 Å². The van der Waals surface area contributed by atoms with Crippen molar-refractivity contribution in [2.75, 3.05) is 13.7 Å². The number of fused-ring (bicyclic) bond motifs is 1. The van der Waals surface area contributed by atoms with E-state index >= 15 is 0 Å². The average Bonchev–Trinajstić information content (AvgIpc) is 3.21. The predicted molar refractivity (Wildman–Crippen MR) is 110 cm³/mol. The summed E-state index contributed by atoms with van der Waals surface area (Å²) in [6.45, 7) is -0.690. The van der Waals surface area contributed by atoms with E-state index in [4.69, 9.17) is 9.88 Å². The molecule has 1 aromatic carbocycles. The first-order valence-electron chi connectivity index (χ1n) is 9.34. The summed E-state index contributed by atoms with van der Waals surface area (Å²) in [6.07, 6.45) is -7.22. The summed E-state index contributed by atoms with van der Waals surface area (Å²) >= 11 is 0. The number of hydrogen-bond donors (Lipinski definition) is 3. The SMILES string of the molecule is CO[C@H](COS(N)(=O)=O)[C@@H](O)[C@@H](O)n1cnc2c(C#Cc3ccccc3C(F)(F)F)ncnc21. The third kappa shape index (κ3) is 5.86. The Balaban J connectivity index is 1.92. The first-order valence-corrected chi connectivity index (χ1v) is 10.8. The molecule has 0 fully saturated rings. The zero-order chi connectivity index (χ0) is 25.1. The van der Waals surface area contributed by atoms with Crippen molar-refractivity contribution >= 4 is 21.5 Å². The fraction of sp³-hybridized carbons (Fsp3) is 0.316. The summed E-state index contributed by atoms with van der Waals surface area (Å²) in [7, 11) is -3.18. The number of imidazole rings is 1. The second kappa shape index (κ2) is 10.0. The van der Waals surface area contributed by atoms with Crippen LogP contribution in [0.4, 0.5) is 13.2 Å². The second-order valence-corrected chi connectivity index (χ2v) is 8.02. The Morgan fingerprint density at radius 3 is 2.53 bits per heavy atom. The highest BCUT2D eigenvalue weighted by atomic mass is 32.2. The molecule has 11 nitrogen and oxygen atoms in total. The number of benzene rings is 1. The van der Waals surface area contributed by atoms with E-state index in [0.717, 1.165) is 30.4 Å². The average molecular weight is 501 g/mol. The number of rotatable bonds is 7. The molecule has 0 saturated heterocycles. The van der Waals surface area contributed by atoms with Crippen LogP contribution in [0.25, 0.3) is 11.2 Å². The monoisotopic (exact) mass is 501 g/mol. The molecule has 4 N–H and O–H groups in total. The Morgan fingerprint density at radius 1 is 1.18 bits per heavy atom. The number of hydrogen-bond acceptors (Lipinski definition) is 9. The van der Waals surface area contributed by atoms with Crippen molar-refractivity contribution < 1.29 is 40.7 Å². The quantitative estimate of drug-likeness (QED) is 0.387. The standard InChI is InChI=1S/C19H18F3N5O6S/c1-32-14(8-33-34(23,30)31)16(28)18(29)27-10-26-15-13(24-9-25-17(15)27)7-6-11-4-2-3-5-12(11)19(20,21)22/h2-5,9-10,14,16,18,28-29H,8H2,1H3,(H2,23,30,31)/t14-,16-,18-/m1/s1. The van der Waals surface area contributed by atoms with Gasteiger partial charge in [0.05, 0.1) is 18.5 Å². The lowest BCUT2D eigenvalue weighted by atomic mass is 10.1. The molecule has 182 valence electrons. The molecule has 2 aromatic heterocycles. The Kier molecular flexibility index (Phi) is 7.51. The van der Waals surface area contributed by atoms with Crippen LogP contribution in [0, 0.1) is 11.8 Å². The summed E-state index contributed by atoms with van der Waals surface area (Å²) in [5, 5.41) is 25.7. The molecule has 0 aliphatic heterocycles. The number of nitrogens with two attached hydrogens (primary N) is 1. The van der Waals surface area contributed by atoms with Gasteiger partial charge in [-0.05, 0) is 18.1 Å². The van der Waals surface area contributed by atoms with Gasteiger partial charge in [0.25, 0.3) is 0 Å². The van der Waals surface area contributed by atoms with Crippen molar-refractivity contribution in [2.45, 2.75) is 24.6 Å². The molecule has 2 heterocycles. The molecule has 0 aliphatic rings. The van der Waals surface area contributed by atoms with Crippen molar-refractivity contribution in [3.63, 3.8) is 0 Å². The van der Waals surface area contributed by atoms with Crippen LogP contribution in [0.1, 0.15) is 23.0 Å².